The van der Waals surface area contributed by atoms with Crippen LogP contribution in [0.15, 0.2) is 42.6 Å². The third-order valence-corrected chi connectivity index (χ3v) is 3.28. The minimum absolute atomic E-state index is 0.0521. The molecule has 0 fully saturated rings. The van der Waals surface area contributed by atoms with E-state index in [1.165, 1.54) is 0 Å². The Bertz CT molecular complexity index is 610. The molecule has 104 valence electrons. The molecule has 1 atom stereocenters. The molecular formula is C16H19N3O. The summed E-state index contributed by atoms with van der Waals surface area (Å²) < 4.78 is 0. The molecule has 0 saturated carbocycles. The number of aryl methyl sites for hydroxylation is 1. The minimum atomic E-state index is -0.169. The van der Waals surface area contributed by atoms with Crippen LogP contribution in [0.4, 0.5) is 5.69 Å². The van der Waals surface area contributed by atoms with Gasteiger partial charge in [0.2, 0.25) is 0 Å². The van der Waals surface area contributed by atoms with E-state index in [4.69, 9.17) is 0 Å². The van der Waals surface area contributed by atoms with Gasteiger partial charge in [-0.05, 0) is 37.1 Å². The first-order chi connectivity index (χ1) is 9.61. The average molecular weight is 269 g/mol. The quantitative estimate of drug-likeness (QED) is 0.897. The van der Waals surface area contributed by atoms with E-state index in [1.54, 1.807) is 12.3 Å². The Balaban J connectivity index is 2.13. The first-order valence-electron chi connectivity index (χ1n) is 6.62. The van der Waals surface area contributed by atoms with Gasteiger partial charge in [-0.1, -0.05) is 24.3 Å². The van der Waals surface area contributed by atoms with Crippen molar-refractivity contribution in [2.75, 3.05) is 12.4 Å². The lowest BCUT2D eigenvalue weighted by Crippen LogP contribution is -2.27. The van der Waals surface area contributed by atoms with Crippen molar-refractivity contribution >= 4 is 11.6 Å². The van der Waals surface area contributed by atoms with Gasteiger partial charge in [0.15, 0.2) is 0 Å². The highest BCUT2D eigenvalue weighted by atomic mass is 16.1. The predicted molar refractivity (Wildman–Crippen MR) is 80.8 cm³/mol. The van der Waals surface area contributed by atoms with E-state index in [1.807, 2.05) is 51.2 Å². The molecule has 0 radical (unpaired) electrons. The van der Waals surface area contributed by atoms with Crippen LogP contribution in [-0.4, -0.2) is 17.9 Å². The molecule has 20 heavy (non-hydrogen) atoms. The number of amides is 1. The Kier molecular flexibility index (Phi) is 4.35. The standard InChI is InChI=1S/C16H19N3O/c1-11-6-4-5-7-14(11)12(2)19-16(20)15-10-13(17-3)8-9-18-15/h4-10,12H,1-3H3,(H,17,18)(H,19,20). The number of benzene rings is 1. The number of rotatable bonds is 4. The van der Waals surface area contributed by atoms with Crippen LogP contribution in [0.5, 0.6) is 0 Å². The molecule has 1 heterocycles. The first-order valence-corrected chi connectivity index (χ1v) is 6.62. The lowest BCUT2D eigenvalue weighted by atomic mass is 10.0. The van der Waals surface area contributed by atoms with Gasteiger partial charge in [0.25, 0.3) is 5.91 Å². The van der Waals surface area contributed by atoms with E-state index in [0.29, 0.717) is 5.69 Å². The monoisotopic (exact) mass is 269 g/mol. The van der Waals surface area contributed by atoms with Crippen LogP contribution in [0, 0.1) is 6.92 Å². The summed E-state index contributed by atoms with van der Waals surface area (Å²) in [5.74, 6) is -0.169. The van der Waals surface area contributed by atoms with Gasteiger partial charge in [0, 0.05) is 18.9 Å². The largest absolute Gasteiger partial charge is 0.388 e. The summed E-state index contributed by atoms with van der Waals surface area (Å²) in [6.45, 7) is 4.01. The number of pyridine rings is 1. The molecule has 4 heteroatoms. The van der Waals surface area contributed by atoms with Crippen molar-refractivity contribution < 1.29 is 4.79 Å². The van der Waals surface area contributed by atoms with Crippen LogP contribution in [0.3, 0.4) is 0 Å². The van der Waals surface area contributed by atoms with Gasteiger partial charge < -0.3 is 10.6 Å². The number of nitrogens with one attached hydrogen (secondary N) is 2. The van der Waals surface area contributed by atoms with Crippen LogP contribution in [0.2, 0.25) is 0 Å². The summed E-state index contributed by atoms with van der Waals surface area (Å²) in [4.78, 5) is 16.3. The Hall–Kier alpha value is -2.36. The van der Waals surface area contributed by atoms with Crippen molar-refractivity contribution in [3.05, 3.63) is 59.4 Å². The number of carbonyl (C=O) groups excluding carboxylic acids is 1. The zero-order valence-electron chi connectivity index (χ0n) is 12.0. The third-order valence-electron chi connectivity index (χ3n) is 3.28. The second-order valence-electron chi connectivity index (χ2n) is 4.73. The Morgan fingerprint density at radius 2 is 2.00 bits per heavy atom. The normalized spacial score (nSPS) is 11.8. The molecule has 1 aromatic heterocycles. The molecule has 1 unspecified atom stereocenters. The number of anilines is 1. The highest BCUT2D eigenvalue weighted by molar-refractivity contribution is 5.93. The highest BCUT2D eigenvalue weighted by Gasteiger charge is 2.14. The predicted octanol–water partition coefficient (Wildman–Crippen LogP) is 2.92. The Labute approximate surface area is 119 Å². The average Bonchev–Trinajstić information content (AvgIpc) is 2.47. The van der Waals surface area contributed by atoms with Gasteiger partial charge in [-0.25, -0.2) is 0 Å². The number of hydrogen-bond acceptors (Lipinski definition) is 3. The van der Waals surface area contributed by atoms with Crippen molar-refractivity contribution in [2.24, 2.45) is 0 Å². The van der Waals surface area contributed by atoms with Gasteiger partial charge in [-0.2, -0.15) is 0 Å². The molecule has 0 spiro atoms. The second kappa shape index (κ2) is 6.19. The van der Waals surface area contributed by atoms with Crippen LogP contribution in [-0.2, 0) is 0 Å². The van der Waals surface area contributed by atoms with E-state index in [0.717, 1.165) is 16.8 Å². The molecule has 2 N–H and O–H groups in total. The molecule has 0 aliphatic carbocycles. The van der Waals surface area contributed by atoms with Crippen molar-refractivity contribution in [1.29, 1.82) is 0 Å². The second-order valence-corrected chi connectivity index (χ2v) is 4.73. The molecule has 0 aliphatic rings. The number of nitrogens with zero attached hydrogens (tertiary/aromatic N) is 1. The fourth-order valence-corrected chi connectivity index (χ4v) is 2.13. The molecule has 0 aliphatic heterocycles. The Morgan fingerprint density at radius 3 is 2.70 bits per heavy atom. The van der Waals surface area contributed by atoms with Gasteiger partial charge in [0.1, 0.15) is 5.69 Å². The summed E-state index contributed by atoms with van der Waals surface area (Å²) in [5, 5.41) is 5.97. The number of aromatic nitrogens is 1. The lowest BCUT2D eigenvalue weighted by molar-refractivity contribution is 0.0935. The summed E-state index contributed by atoms with van der Waals surface area (Å²) in [6.07, 6.45) is 1.62. The van der Waals surface area contributed by atoms with Gasteiger partial charge in [-0.15, -0.1) is 0 Å². The lowest BCUT2D eigenvalue weighted by Gasteiger charge is -2.16. The SMILES string of the molecule is CNc1ccnc(C(=O)NC(C)c2ccccc2C)c1. The van der Waals surface area contributed by atoms with Gasteiger partial charge in [0.05, 0.1) is 6.04 Å². The zero-order chi connectivity index (χ0) is 14.5. The summed E-state index contributed by atoms with van der Waals surface area (Å²) >= 11 is 0. The fourth-order valence-electron chi connectivity index (χ4n) is 2.13. The van der Waals surface area contributed by atoms with Gasteiger partial charge in [-0.3, -0.25) is 9.78 Å². The van der Waals surface area contributed by atoms with E-state index in [9.17, 15) is 4.79 Å². The van der Waals surface area contributed by atoms with Crippen molar-refractivity contribution in [2.45, 2.75) is 19.9 Å². The van der Waals surface area contributed by atoms with Crippen molar-refractivity contribution in [3.8, 4) is 0 Å². The van der Waals surface area contributed by atoms with Crippen LogP contribution >= 0.6 is 0 Å². The molecule has 2 aromatic rings. The van der Waals surface area contributed by atoms with Crippen LogP contribution < -0.4 is 10.6 Å². The fraction of sp³-hybridized carbons (Fsp3) is 0.250. The van der Waals surface area contributed by atoms with E-state index in [2.05, 4.69) is 15.6 Å². The zero-order valence-corrected chi connectivity index (χ0v) is 12.0. The summed E-state index contributed by atoms with van der Waals surface area (Å²) in [6, 6.07) is 11.5. The molecule has 0 bridgehead atoms. The number of hydrogen-bond donors (Lipinski definition) is 2. The molecular weight excluding hydrogens is 250 g/mol. The smallest absolute Gasteiger partial charge is 0.270 e. The number of carbonyl (C=O) groups is 1. The molecule has 4 nitrogen and oxygen atoms in total. The summed E-state index contributed by atoms with van der Waals surface area (Å²) in [7, 11) is 1.81. The Morgan fingerprint density at radius 1 is 1.25 bits per heavy atom. The molecule has 1 amide bonds. The molecule has 2 rings (SSSR count). The maximum atomic E-state index is 12.2. The molecule has 0 saturated heterocycles. The van der Waals surface area contributed by atoms with Crippen LogP contribution in [0.1, 0.15) is 34.6 Å². The first kappa shape index (κ1) is 14.1. The maximum Gasteiger partial charge on any atom is 0.270 e. The summed E-state index contributed by atoms with van der Waals surface area (Å²) in [5.41, 5.74) is 3.56. The minimum Gasteiger partial charge on any atom is -0.388 e. The van der Waals surface area contributed by atoms with Crippen molar-refractivity contribution in [3.63, 3.8) is 0 Å². The third kappa shape index (κ3) is 3.15. The topological polar surface area (TPSA) is 54.0 Å². The van der Waals surface area contributed by atoms with Gasteiger partial charge >= 0.3 is 0 Å². The van der Waals surface area contributed by atoms with E-state index >= 15 is 0 Å². The maximum absolute atomic E-state index is 12.2. The van der Waals surface area contributed by atoms with Crippen LogP contribution in [0.25, 0.3) is 0 Å². The van der Waals surface area contributed by atoms with E-state index in [-0.39, 0.29) is 11.9 Å². The molecule has 1 aromatic carbocycles. The van der Waals surface area contributed by atoms with Crippen molar-refractivity contribution in [1.82, 2.24) is 10.3 Å². The van der Waals surface area contributed by atoms with E-state index < -0.39 is 0 Å². The highest BCUT2D eigenvalue weighted by Crippen LogP contribution is 2.17.